The van der Waals surface area contributed by atoms with Gasteiger partial charge >= 0.3 is 0 Å². The third-order valence-corrected chi connectivity index (χ3v) is 1.11. The third-order valence-electron chi connectivity index (χ3n) is 1.11. The van der Waals surface area contributed by atoms with E-state index in [9.17, 15) is 8.78 Å². The van der Waals surface area contributed by atoms with Gasteiger partial charge in [-0.1, -0.05) is 0 Å². The molecule has 0 saturated heterocycles. The number of halogens is 2. The lowest BCUT2D eigenvalue weighted by Crippen LogP contribution is -1.98. The predicted molar refractivity (Wildman–Crippen MR) is 40.2 cm³/mol. The number of pyridine rings is 1. The van der Waals surface area contributed by atoms with E-state index in [-0.39, 0.29) is 0 Å². The molecular weight excluding hydrogens is 166 g/mol. The molecule has 0 aliphatic rings. The number of nitrogens with two attached hydrogens (primary N) is 1. The van der Waals surface area contributed by atoms with Gasteiger partial charge in [-0.05, 0) is 0 Å². The number of hydrogen-bond acceptors (Lipinski definition) is 3. The number of anilines is 1. The first-order chi connectivity index (χ1) is 7.63. The van der Waals surface area contributed by atoms with Crippen LogP contribution >= 0.6 is 0 Å². The zero-order chi connectivity index (χ0) is 13.4. The second-order valence-corrected chi connectivity index (χ2v) is 1.88. The minimum absolute atomic E-state index is 0.699. The standard InChI is InChI=1S/C7H8F2N2O/c1-12-4-2-5(10)6(7(8)9)11-3-4/h2-3,7H,10H2,1H3/i1D3,2D,3D. The maximum atomic E-state index is 12.4. The topological polar surface area (TPSA) is 48.1 Å². The van der Waals surface area contributed by atoms with Gasteiger partial charge in [0.25, 0.3) is 6.43 Å². The van der Waals surface area contributed by atoms with Gasteiger partial charge in [0.05, 0.1) is 25.8 Å². The third kappa shape index (κ3) is 1.61. The summed E-state index contributed by atoms with van der Waals surface area (Å²) in [6.07, 6.45) is -3.92. The molecule has 1 rings (SSSR count). The van der Waals surface area contributed by atoms with Gasteiger partial charge < -0.3 is 10.5 Å². The molecule has 0 bridgehead atoms. The second kappa shape index (κ2) is 3.34. The highest BCUT2D eigenvalue weighted by Crippen LogP contribution is 2.25. The van der Waals surface area contributed by atoms with E-state index in [0.29, 0.717) is 0 Å². The summed E-state index contributed by atoms with van der Waals surface area (Å²) in [5, 5.41) is 0. The van der Waals surface area contributed by atoms with Crippen molar-refractivity contribution in [2.24, 2.45) is 0 Å². The van der Waals surface area contributed by atoms with E-state index in [1.807, 2.05) is 0 Å². The van der Waals surface area contributed by atoms with Gasteiger partial charge in [0.2, 0.25) is 0 Å². The van der Waals surface area contributed by atoms with Gasteiger partial charge in [0.1, 0.15) is 11.4 Å². The van der Waals surface area contributed by atoms with Gasteiger partial charge in [-0.25, -0.2) is 13.8 Å². The first kappa shape index (κ1) is 4.02. The van der Waals surface area contributed by atoms with Crippen molar-refractivity contribution in [2.75, 3.05) is 12.8 Å². The molecule has 1 aromatic heterocycles. The minimum atomic E-state index is -3.05. The average molecular weight is 179 g/mol. The predicted octanol–water partition coefficient (Wildman–Crippen LogP) is 1.61. The fourth-order valence-corrected chi connectivity index (χ4v) is 0.600. The molecule has 1 heterocycles. The molecule has 0 amide bonds. The van der Waals surface area contributed by atoms with Crippen LogP contribution in [-0.2, 0) is 0 Å². The van der Waals surface area contributed by atoms with Gasteiger partial charge in [-0.2, -0.15) is 0 Å². The second-order valence-electron chi connectivity index (χ2n) is 1.88. The largest absolute Gasteiger partial charge is 0.495 e. The molecule has 0 spiro atoms. The number of hydrogen-bond donors (Lipinski definition) is 1. The fourth-order valence-electron chi connectivity index (χ4n) is 0.600. The zero-order valence-electron chi connectivity index (χ0n) is 10.8. The summed E-state index contributed by atoms with van der Waals surface area (Å²) in [6.45, 7) is 0. The summed E-state index contributed by atoms with van der Waals surface area (Å²) in [5.41, 5.74) is 3.56. The molecule has 12 heavy (non-hydrogen) atoms. The van der Waals surface area contributed by atoms with Crippen LogP contribution in [0, 0.1) is 0 Å². The Morgan fingerprint density at radius 3 is 3.17 bits per heavy atom. The van der Waals surface area contributed by atoms with E-state index in [2.05, 4.69) is 9.72 Å². The van der Waals surface area contributed by atoms with Crippen molar-refractivity contribution in [3.05, 3.63) is 17.9 Å². The van der Waals surface area contributed by atoms with Crippen molar-refractivity contribution in [3.8, 4) is 5.75 Å². The van der Waals surface area contributed by atoms with Crippen LogP contribution in [0.5, 0.6) is 5.75 Å². The number of methoxy groups -OCH3 is 1. The summed E-state index contributed by atoms with van der Waals surface area (Å²) < 4.78 is 64.1. The summed E-state index contributed by atoms with van der Waals surface area (Å²) >= 11 is 0. The number of nitrogen functional groups attached to an aromatic ring is 1. The lowest BCUT2D eigenvalue weighted by atomic mass is 10.3. The fraction of sp³-hybridized carbons (Fsp3) is 0.286. The molecule has 0 radical (unpaired) electrons. The number of nitrogens with zero attached hydrogens (tertiary/aromatic N) is 1. The molecule has 0 atom stereocenters. The lowest BCUT2D eigenvalue weighted by molar-refractivity contribution is 0.147. The van der Waals surface area contributed by atoms with Gasteiger partial charge in [-0.15, -0.1) is 0 Å². The van der Waals surface area contributed by atoms with Crippen LogP contribution in [-0.4, -0.2) is 12.0 Å². The van der Waals surface area contributed by atoms with Crippen molar-refractivity contribution >= 4 is 5.69 Å². The lowest BCUT2D eigenvalue weighted by Gasteiger charge is -2.04. The molecule has 0 aromatic carbocycles. The summed E-state index contributed by atoms with van der Waals surface area (Å²) in [6, 6.07) is -0.781. The van der Waals surface area contributed by atoms with Gasteiger partial charge in [-0.3, -0.25) is 0 Å². The zero-order valence-corrected chi connectivity index (χ0v) is 5.77. The monoisotopic (exact) mass is 179 g/mol. The Hall–Kier alpha value is -1.39. The molecule has 0 fully saturated rings. The van der Waals surface area contributed by atoms with Gasteiger partial charge in [0.15, 0.2) is 0 Å². The van der Waals surface area contributed by atoms with Crippen molar-refractivity contribution in [1.29, 1.82) is 0 Å². The van der Waals surface area contributed by atoms with Crippen LogP contribution in [0.1, 0.15) is 19.0 Å². The Bertz CT molecular complexity index is 437. The number of alkyl halides is 2. The normalized spacial score (nSPS) is 17.4. The first-order valence-corrected chi connectivity index (χ1v) is 2.87. The van der Waals surface area contributed by atoms with Crippen LogP contribution in [0.4, 0.5) is 14.5 Å². The van der Waals surface area contributed by atoms with Gasteiger partial charge in [0, 0.05) is 6.04 Å². The Balaban J connectivity index is 3.31. The highest BCUT2D eigenvalue weighted by atomic mass is 19.3. The van der Waals surface area contributed by atoms with Crippen molar-refractivity contribution in [1.82, 2.24) is 4.98 Å². The Kier molecular flexibility index (Phi) is 1.12. The molecule has 66 valence electrons. The number of rotatable bonds is 2. The maximum Gasteiger partial charge on any atom is 0.282 e. The number of aromatic nitrogens is 1. The van der Waals surface area contributed by atoms with E-state index < -0.39 is 42.8 Å². The van der Waals surface area contributed by atoms with Crippen molar-refractivity contribution < 1.29 is 20.4 Å². The molecule has 0 saturated carbocycles. The van der Waals surface area contributed by atoms with E-state index >= 15 is 0 Å². The van der Waals surface area contributed by atoms with Crippen LogP contribution in [0.25, 0.3) is 0 Å². The Morgan fingerprint density at radius 2 is 2.58 bits per heavy atom. The highest BCUT2D eigenvalue weighted by Gasteiger charge is 2.12. The Morgan fingerprint density at radius 1 is 1.83 bits per heavy atom. The van der Waals surface area contributed by atoms with E-state index in [1.165, 1.54) is 0 Å². The Labute approximate surface area is 75.2 Å². The van der Waals surface area contributed by atoms with Crippen molar-refractivity contribution in [2.45, 2.75) is 6.43 Å². The minimum Gasteiger partial charge on any atom is -0.495 e. The average Bonchev–Trinajstić information content (AvgIpc) is 2.16. The highest BCUT2D eigenvalue weighted by molar-refractivity contribution is 5.47. The van der Waals surface area contributed by atoms with Crippen LogP contribution in [0.2, 0.25) is 0 Å². The molecule has 0 aliphatic carbocycles. The molecule has 0 unspecified atom stereocenters. The molecule has 1 aromatic rings. The molecule has 5 heteroatoms. The van der Waals surface area contributed by atoms with Crippen LogP contribution < -0.4 is 10.5 Å². The van der Waals surface area contributed by atoms with E-state index in [0.717, 1.165) is 0 Å². The molecule has 3 nitrogen and oxygen atoms in total. The quantitative estimate of drug-likeness (QED) is 0.750. The number of ether oxygens (including phenoxy) is 1. The van der Waals surface area contributed by atoms with E-state index in [4.69, 9.17) is 12.6 Å². The van der Waals surface area contributed by atoms with Crippen molar-refractivity contribution in [3.63, 3.8) is 0 Å². The van der Waals surface area contributed by atoms with Crippen LogP contribution in [0.15, 0.2) is 12.2 Å². The SMILES string of the molecule is [2H]c1nc(C(F)F)c(N)c([2H])c1OC([2H])([2H])[2H]. The maximum absolute atomic E-state index is 12.4. The summed E-state index contributed by atoms with van der Waals surface area (Å²) in [5.74, 6) is -0.744. The molecular formula is C7H8F2N2O. The summed E-state index contributed by atoms with van der Waals surface area (Å²) in [7, 11) is -2.91. The van der Waals surface area contributed by atoms with E-state index in [1.54, 1.807) is 0 Å². The first-order valence-electron chi connectivity index (χ1n) is 5.37. The molecule has 2 N–H and O–H groups in total. The van der Waals surface area contributed by atoms with Crippen LogP contribution in [0.3, 0.4) is 0 Å². The molecule has 0 aliphatic heterocycles. The summed E-state index contributed by atoms with van der Waals surface area (Å²) in [4.78, 5) is 3.11. The smallest absolute Gasteiger partial charge is 0.282 e.